The highest BCUT2D eigenvalue weighted by molar-refractivity contribution is 5.99. The van der Waals surface area contributed by atoms with Crippen LogP contribution in [0, 0.1) is 5.92 Å². The third-order valence-electron chi connectivity index (χ3n) is 4.33. The summed E-state index contributed by atoms with van der Waals surface area (Å²) in [6.07, 6.45) is 5.99. The van der Waals surface area contributed by atoms with Gasteiger partial charge in [-0.25, -0.2) is 0 Å². The lowest BCUT2D eigenvalue weighted by atomic mass is 9.80. The van der Waals surface area contributed by atoms with Gasteiger partial charge in [0.2, 0.25) is 0 Å². The number of carbonyl (C=O) groups is 1. The van der Waals surface area contributed by atoms with E-state index in [1.54, 1.807) is 7.11 Å². The smallest absolute Gasteiger partial charge is 0.191 e. The average molecular weight is 244 g/mol. The van der Waals surface area contributed by atoms with Gasteiger partial charge >= 0.3 is 0 Å². The molecule has 2 fully saturated rings. The van der Waals surface area contributed by atoms with Crippen LogP contribution in [0.1, 0.15) is 53.9 Å². The number of ketones is 1. The second kappa shape index (κ2) is 4.85. The molecule has 1 unspecified atom stereocenters. The SMILES string of the molecule is COC(C(=O)c1ccc(C2CCC2)cc1)C1CC1. The van der Waals surface area contributed by atoms with Crippen molar-refractivity contribution in [2.24, 2.45) is 5.92 Å². The third kappa shape index (κ3) is 2.22. The van der Waals surface area contributed by atoms with Crippen LogP contribution in [0.4, 0.5) is 0 Å². The van der Waals surface area contributed by atoms with Crippen molar-refractivity contribution < 1.29 is 9.53 Å². The van der Waals surface area contributed by atoms with Crippen molar-refractivity contribution in [3.05, 3.63) is 35.4 Å². The number of ether oxygens (including phenoxy) is 1. The minimum absolute atomic E-state index is 0.153. The van der Waals surface area contributed by atoms with Crippen LogP contribution in [0.5, 0.6) is 0 Å². The first kappa shape index (κ1) is 11.9. The summed E-state index contributed by atoms with van der Waals surface area (Å²) >= 11 is 0. The van der Waals surface area contributed by atoms with Gasteiger partial charge in [0.05, 0.1) is 0 Å². The fraction of sp³-hybridized carbons (Fsp3) is 0.562. The van der Waals surface area contributed by atoms with E-state index in [0.717, 1.165) is 24.3 Å². The van der Waals surface area contributed by atoms with Crippen LogP contribution < -0.4 is 0 Å². The van der Waals surface area contributed by atoms with Crippen LogP contribution in [-0.4, -0.2) is 19.0 Å². The topological polar surface area (TPSA) is 26.3 Å². The molecule has 2 saturated carbocycles. The summed E-state index contributed by atoms with van der Waals surface area (Å²) in [4.78, 5) is 12.3. The molecule has 0 radical (unpaired) electrons. The molecular weight excluding hydrogens is 224 g/mol. The zero-order chi connectivity index (χ0) is 12.5. The standard InChI is InChI=1S/C16H20O2/c1-18-16(14-9-10-14)15(17)13-7-5-12(6-8-13)11-3-2-4-11/h5-8,11,14,16H,2-4,9-10H2,1H3. The van der Waals surface area contributed by atoms with Gasteiger partial charge in [-0.2, -0.15) is 0 Å². The minimum atomic E-state index is -0.223. The average Bonchev–Trinajstić information content (AvgIpc) is 3.13. The number of methoxy groups -OCH3 is 1. The Labute approximate surface area is 108 Å². The van der Waals surface area contributed by atoms with E-state index in [1.807, 2.05) is 12.1 Å². The van der Waals surface area contributed by atoms with E-state index in [1.165, 1.54) is 24.8 Å². The molecule has 0 bridgehead atoms. The van der Waals surface area contributed by atoms with Crippen LogP contribution in [-0.2, 0) is 4.74 Å². The lowest BCUT2D eigenvalue weighted by molar-refractivity contribution is 0.0540. The van der Waals surface area contributed by atoms with Crippen molar-refractivity contribution in [3.63, 3.8) is 0 Å². The van der Waals surface area contributed by atoms with Crippen molar-refractivity contribution in [2.45, 2.75) is 44.1 Å². The van der Waals surface area contributed by atoms with E-state index in [2.05, 4.69) is 12.1 Å². The fourth-order valence-corrected chi connectivity index (χ4v) is 2.74. The monoisotopic (exact) mass is 244 g/mol. The molecule has 2 aliphatic rings. The maximum absolute atomic E-state index is 12.3. The largest absolute Gasteiger partial charge is 0.373 e. The van der Waals surface area contributed by atoms with Gasteiger partial charge in [-0.05, 0) is 43.1 Å². The van der Waals surface area contributed by atoms with Gasteiger partial charge in [-0.3, -0.25) is 4.79 Å². The summed E-state index contributed by atoms with van der Waals surface area (Å²) in [7, 11) is 1.64. The number of hydrogen-bond acceptors (Lipinski definition) is 2. The van der Waals surface area contributed by atoms with Gasteiger partial charge in [-0.1, -0.05) is 30.7 Å². The second-order valence-electron chi connectivity index (χ2n) is 5.61. The van der Waals surface area contributed by atoms with Crippen molar-refractivity contribution in [1.29, 1.82) is 0 Å². The number of carbonyl (C=O) groups excluding carboxylic acids is 1. The molecule has 0 heterocycles. The lowest BCUT2D eigenvalue weighted by Crippen LogP contribution is -2.25. The minimum Gasteiger partial charge on any atom is -0.373 e. The van der Waals surface area contributed by atoms with E-state index >= 15 is 0 Å². The summed E-state index contributed by atoms with van der Waals surface area (Å²) in [6.45, 7) is 0. The van der Waals surface area contributed by atoms with E-state index in [0.29, 0.717) is 5.92 Å². The van der Waals surface area contributed by atoms with Gasteiger partial charge in [0.1, 0.15) is 6.10 Å². The molecule has 0 aliphatic heterocycles. The van der Waals surface area contributed by atoms with Gasteiger partial charge in [0.15, 0.2) is 5.78 Å². The molecule has 18 heavy (non-hydrogen) atoms. The Morgan fingerprint density at radius 1 is 1.17 bits per heavy atom. The zero-order valence-corrected chi connectivity index (χ0v) is 10.9. The number of benzene rings is 1. The van der Waals surface area contributed by atoms with Crippen LogP contribution in [0.2, 0.25) is 0 Å². The van der Waals surface area contributed by atoms with E-state index < -0.39 is 0 Å². The fourth-order valence-electron chi connectivity index (χ4n) is 2.74. The molecule has 0 spiro atoms. The first-order valence-electron chi connectivity index (χ1n) is 6.96. The molecule has 2 heteroatoms. The number of Topliss-reactive ketones (excluding diaryl/α,β-unsaturated/α-hetero) is 1. The van der Waals surface area contributed by atoms with Gasteiger partial charge in [0.25, 0.3) is 0 Å². The molecule has 0 amide bonds. The predicted molar refractivity (Wildman–Crippen MR) is 70.9 cm³/mol. The Hall–Kier alpha value is -1.15. The molecule has 0 saturated heterocycles. The van der Waals surface area contributed by atoms with Gasteiger partial charge in [0, 0.05) is 12.7 Å². The van der Waals surface area contributed by atoms with Crippen LogP contribution in [0.3, 0.4) is 0 Å². The highest BCUT2D eigenvalue weighted by atomic mass is 16.5. The van der Waals surface area contributed by atoms with E-state index in [-0.39, 0.29) is 11.9 Å². The molecule has 3 rings (SSSR count). The van der Waals surface area contributed by atoms with Crippen LogP contribution in [0.25, 0.3) is 0 Å². The Balaban J connectivity index is 1.72. The summed E-state index contributed by atoms with van der Waals surface area (Å²) in [5.74, 6) is 1.34. The van der Waals surface area contributed by atoms with Crippen molar-refractivity contribution >= 4 is 5.78 Å². The van der Waals surface area contributed by atoms with Crippen LogP contribution >= 0.6 is 0 Å². The highest BCUT2D eigenvalue weighted by Crippen LogP contribution is 2.37. The van der Waals surface area contributed by atoms with E-state index in [4.69, 9.17) is 4.74 Å². The summed E-state index contributed by atoms with van der Waals surface area (Å²) in [5, 5.41) is 0. The molecule has 0 N–H and O–H groups in total. The summed E-state index contributed by atoms with van der Waals surface area (Å²) in [6, 6.07) is 8.20. The number of rotatable bonds is 5. The quantitative estimate of drug-likeness (QED) is 0.740. The molecule has 0 aromatic heterocycles. The summed E-state index contributed by atoms with van der Waals surface area (Å²) < 4.78 is 5.35. The zero-order valence-electron chi connectivity index (χ0n) is 10.9. The molecule has 1 aromatic carbocycles. The normalized spacial score (nSPS) is 21.4. The Kier molecular flexibility index (Phi) is 3.21. The second-order valence-corrected chi connectivity index (χ2v) is 5.61. The maximum atomic E-state index is 12.3. The molecule has 96 valence electrons. The third-order valence-corrected chi connectivity index (χ3v) is 4.33. The first-order chi connectivity index (χ1) is 8.79. The Bertz CT molecular complexity index is 427. The van der Waals surface area contributed by atoms with Crippen molar-refractivity contribution in [3.8, 4) is 0 Å². The molecule has 1 atom stereocenters. The van der Waals surface area contributed by atoms with Gasteiger partial charge < -0.3 is 4.74 Å². The Morgan fingerprint density at radius 3 is 2.28 bits per heavy atom. The summed E-state index contributed by atoms with van der Waals surface area (Å²) in [5.41, 5.74) is 2.19. The molecule has 2 nitrogen and oxygen atoms in total. The molecule has 1 aromatic rings. The number of hydrogen-bond donors (Lipinski definition) is 0. The molecule has 2 aliphatic carbocycles. The first-order valence-corrected chi connectivity index (χ1v) is 6.96. The lowest BCUT2D eigenvalue weighted by Gasteiger charge is -2.25. The van der Waals surface area contributed by atoms with Crippen LogP contribution in [0.15, 0.2) is 24.3 Å². The highest BCUT2D eigenvalue weighted by Gasteiger charge is 2.36. The molecular formula is C16H20O2. The van der Waals surface area contributed by atoms with E-state index in [9.17, 15) is 4.79 Å². The van der Waals surface area contributed by atoms with Crippen molar-refractivity contribution in [2.75, 3.05) is 7.11 Å². The Morgan fingerprint density at radius 2 is 1.83 bits per heavy atom. The predicted octanol–water partition coefficient (Wildman–Crippen LogP) is 3.56. The maximum Gasteiger partial charge on any atom is 0.191 e. The van der Waals surface area contributed by atoms with Crippen molar-refractivity contribution in [1.82, 2.24) is 0 Å². The van der Waals surface area contributed by atoms with Gasteiger partial charge in [-0.15, -0.1) is 0 Å².